The molecular formula is C20H23ClN2O2. The maximum absolute atomic E-state index is 12.3. The number of benzene rings is 2. The Morgan fingerprint density at radius 2 is 1.64 bits per heavy atom. The minimum atomic E-state index is -0.254. The highest BCUT2D eigenvalue weighted by atomic mass is 35.5. The highest BCUT2D eigenvalue weighted by Crippen LogP contribution is 2.19. The van der Waals surface area contributed by atoms with Crippen molar-refractivity contribution in [1.29, 1.82) is 0 Å². The van der Waals surface area contributed by atoms with Crippen LogP contribution in [0.1, 0.15) is 48.7 Å². The van der Waals surface area contributed by atoms with Crippen molar-refractivity contribution in [2.45, 2.75) is 38.8 Å². The predicted molar refractivity (Wildman–Crippen MR) is 101 cm³/mol. The smallest absolute Gasteiger partial charge is 0.251 e. The summed E-state index contributed by atoms with van der Waals surface area (Å²) in [6.07, 6.45) is 1.00. The Morgan fingerprint density at radius 3 is 2.24 bits per heavy atom. The molecule has 0 heterocycles. The molecule has 2 N–H and O–H groups in total. The Morgan fingerprint density at radius 1 is 1.00 bits per heavy atom. The third-order valence-electron chi connectivity index (χ3n) is 3.92. The van der Waals surface area contributed by atoms with Gasteiger partial charge in [-0.05, 0) is 43.2 Å². The number of carbonyl (C=O) groups is 2. The van der Waals surface area contributed by atoms with Crippen molar-refractivity contribution < 1.29 is 9.59 Å². The van der Waals surface area contributed by atoms with Crippen LogP contribution in [0.4, 0.5) is 0 Å². The maximum Gasteiger partial charge on any atom is 0.251 e. The van der Waals surface area contributed by atoms with Crippen molar-refractivity contribution >= 4 is 23.4 Å². The number of amides is 2. The largest absolute Gasteiger partial charge is 0.349 e. The summed E-state index contributed by atoms with van der Waals surface area (Å²) in [5.41, 5.74) is 1.60. The van der Waals surface area contributed by atoms with Gasteiger partial charge in [-0.3, -0.25) is 9.59 Å². The molecule has 0 saturated heterocycles. The lowest BCUT2D eigenvalue weighted by atomic mass is 10.0. The van der Waals surface area contributed by atoms with Crippen LogP contribution in [0.3, 0.4) is 0 Å². The SMILES string of the molecule is CCC(NC(=O)CC(C)NC(=O)c1ccccc1)c1ccc(Cl)cc1. The second-order valence-electron chi connectivity index (χ2n) is 6.02. The first-order chi connectivity index (χ1) is 12.0. The number of nitrogens with one attached hydrogen (secondary N) is 2. The van der Waals surface area contributed by atoms with Gasteiger partial charge in [-0.2, -0.15) is 0 Å². The zero-order valence-corrected chi connectivity index (χ0v) is 15.2. The molecule has 5 heteroatoms. The Bertz CT molecular complexity index is 701. The molecule has 0 aliphatic heterocycles. The van der Waals surface area contributed by atoms with Gasteiger partial charge in [0.05, 0.1) is 6.04 Å². The van der Waals surface area contributed by atoms with E-state index in [9.17, 15) is 9.59 Å². The van der Waals surface area contributed by atoms with Crippen LogP contribution in [0.5, 0.6) is 0 Å². The minimum Gasteiger partial charge on any atom is -0.349 e. The van der Waals surface area contributed by atoms with E-state index in [4.69, 9.17) is 11.6 Å². The summed E-state index contributed by atoms with van der Waals surface area (Å²) in [6, 6.07) is 16.1. The van der Waals surface area contributed by atoms with Crippen LogP contribution in [-0.4, -0.2) is 17.9 Å². The van der Waals surface area contributed by atoms with Gasteiger partial charge in [0.25, 0.3) is 5.91 Å². The number of rotatable bonds is 7. The summed E-state index contributed by atoms with van der Waals surface area (Å²) in [7, 11) is 0. The van der Waals surface area contributed by atoms with Crippen LogP contribution in [0.2, 0.25) is 5.02 Å². The fraction of sp³-hybridized carbons (Fsp3) is 0.300. The molecule has 0 aliphatic carbocycles. The maximum atomic E-state index is 12.3. The van der Waals surface area contributed by atoms with Crippen molar-refractivity contribution in [2.24, 2.45) is 0 Å². The van der Waals surface area contributed by atoms with Crippen LogP contribution in [-0.2, 0) is 4.79 Å². The lowest BCUT2D eigenvalue weighted by Gasteiger charge is -2.20. The molecule has 4 nitrogen and oxygen atoms in total. The molecule has 2 atom stereocenters. The van der Waals surface area contributed by atoms with E-state index >= 15 is 0 Å². The van der Waals surface area contributed by atoms with Gasteiger partial charge in [-0.15, -0.1) is 0 Å². The quantitative estimate of drug-likeness (QED) is 0.782. The minimum absolute atomic E-state index is 0.0678. The summed E-state index contributed by atoms with van der Waals surface area (Å²) in [6.45, 7) is 3.84. The number of hydrogen-bond acceptors (Lipinski definition) is 2. The molecule has 2 aromatic rings. The van der Waals surface area contributed by atoms with Gasteiger partial charge in [-0.1, -0.05) is 48.9 Å². The second kappa shape index (κ2) is 9.23. The van der Waals surface area contributed by atoms with Crippen LogP contribution in [0, 0.1) is 0 Å². The normalized spacial score (nSPS) is 12.9. The first-order valence-corrected chi connectivity index (χ1v) is 8.78. The van der Waals surface area contributed by atoms with Crippen molar-refractivity contribution in [2.75, 3.05) is 0 Å². The highest BCUT2D eigenvalue weighted by Gasteiger charge is 2.16. The molecule has 0 bridgehead atoms. The highest BCUT2D eigenvalue weighted by molar-refractivity contribution is 6.30. The Hall–Kier alpha value is -2.33. The average Bonchev–Trinajstić information content (AvgIpc) is 2.61. The monoisotopic (exact) mass is 358 g/mol. The molecule has 2 unspecified atom stereocenters. The van der Waals surface area contributed by atoms with Gasteiger partial charge >= 0.3 is 0 Å². The molecule has 0 fully saturated rings. The Balaban J connectivity index is 1.87. The Kier molecular flexibility index (Phi) is 7.02. The molecule has 0 aromatic heterocycles. The standard InChI is InChI=1S/C20H23ClN2O2/c1-3-18(15-9-11-17(21)12-10-15)23-19(24)13-14(2)22-20(25)16-7-5-4-6-8-16/h4-12,14,18H,3,13H2,1-2H3,(H,22,25)(H,23,24). The molecular weight excluding hydrogens is 336 g/mol. The summed E-state index contributed by atoms with van der Waals surface area (Å²) in [5.74, 6) is -0.270. The molecule has 25 heavy (non-hydrogen) atoms. The van der Waals surface area contributed by atoms with Crippen molar-refractivity contribution in [3.63, 3.8) is 0 Å². The summed E-state index contributed by atoms with van der Waals surface area (Å²) < 4.78 is 0. The molecule has 0 saturated carbocycles. The topological polar surface area (TPSA) is 58.2 Å². The van der Waals surface area contributed by atoms with E-state index in [1.54, 1.807) is 12.1 Å². The van der Waals surface area contributed by atoms with Crippen LogP contribution < -0.4 is 10.6 Å². The fourth-order valence-corrected chi connectivity index (χ4v) is 2.72. The molecule has 0 spiro atoms. The van der Waals surface area contributed by atoms with Gasteiger partial charge in [0.1, 0.15) is 0 Å². The lowest BCUT2D eigenvalue weighted by Crippen LogP contribution is -2.38. The molecule has 2 aromatic carbocycles. The summed E-state index contributed by atoms with van der Waals surface area (Å²) >= 11 is 5.91. The van der Waals surface area contributed by atoms with Gasteiger partial charge in [-0.25, -0.2) is 0 Å². The van der Waals surface area contributed by atoms with Crippen LogP contribution in [0.25, 0.3) is 0 Å². The first kappa shape index (κ1) is 19.0. The van der Waals surface area contributed by atoms with E-state index in [0.717, 1.165) is 12.0 Å². The zero-order chi connectivity index (χ0) is 18.2. The van der Waals surface area contributed by atoms with Gasteiger partial charge in [0.15, 0.2) is 0 Å². The fourth-order valence-electron chi connectivity index (χ4n) is 2.60. The van der Waals surface area contributed by atoms with Gasteiger partial charge in [0.2, 0.25) is 5.91 Å². The number of halogens is 1. The van der Waals surface area contributed by atoms with E-state index in [1.807, 2.05) is 56.3 Å². The van der Waals surface area contributed by atoms with Crippen LogP contribution >= 0.6 is 11.6 Å². The molecule has 0 aliphatic rings. The third kappa shape index (κ3) is 5.91. The van der Waals surface area contributed by atoms with Crippen molar-refractivity contribution in [3.05, 3.63) is 70.7 Å². The van der Waals surface area contributed by atoms with Crippen LogP contribution in [0.15, 0.2) is 54.6 Å². The predicted octanol–water partition coefficient (Wildman–Crippen LogP) is 4.12. The van der Waals surface area contributed by atoms with Crippen molar-refractivity contribution in [1.82, 2.24) is 10.6 Å². The van der Waals surface area contributed by atoms with Gasteiger partial charge < -0.3 is 10.6 Å². The zero-order valence-electron chi connectivity index (χ0n) is 14.5. The molecule has 2 amide bonds. The first-order valence-electron chi connectivity index (χ1n) is 8.40. The van der Waals surface area contributed by atoms with E-state index in [1.165, 1.54) is 0 Å². The summed E-state index contributed by atoms with van der Waals surface area (Å²) in [4.78, 5) is 24.4. The summed E-state index contributed by atoms with van der Waals surface area (Å²) in [5, 5.41) is 6.53. The van der Waals surface area contributed by atoms with E-state index in [2.05, 4.69) is 10.6 Å². The number of hydrogen-bond donors (Lipinski definition) is 2. The third-order valence-corrected chi connectivity index (χ3v) is 4.17. The molecule has 0 radical (unpaired) electrons. The van der Waals surface area contributed by atoms with E-state index < -0.39 is 0 Å². The average molecular weight is 359 g/mol. The lowest BCUT2D eigenvalue weighted by molar-refractivity contribution is -0.122. The molecule has 132 valence electrons. The second-order valence-corrected chi connectivity index (χ2v) is 6.46. The van der Waals surface area contributed by atoms with Crippen molar-refractivity contribution in [3.8, 4) is 0 Å². The number of carbonyl (C=O) groups excluding carboxylic acids is 2. The molecule has 2 rings (SSSR count). The van der Waals surface area contributed by atoms with E-state index in [0.29, 0.717) is 10.6 Å². The van der Waals surface area contributed by atoms with Gasteiger partial charge in [0, 0.05) is 23.0 Å². The van der Waals surface area contributed by atoms with E-state index in [-0.39, 0.29) is 30.3 Å². The Labute approximate surface area is 153 Å².